The van der Waals surface area contributed by atoms with Crippen LogP contribution in [-0.4, -0.2) is 50.2 Å². The van der Waals surface area contributed by atoms with Crippen LogP contribution in [0.4, 0.5) is 0 Å². The molecule has 0 aromatic heterocycles. The average Bonchev–Trinajstić information content (AvgIpc) is 2.75. The van der Waals surface area contributed by atoms with Crippen LogP contribution in [0.2, 0.25) is 0 Å². The van der Waals surface area contributed by atoms with Crippen molar-refractivity contribution in [2.75, 3.05) is 34.4 Å². The Labute approximate surface area is 182 Å². The van der Waals surface area contributed by atoms with Crippen LogP contribution in [-0.2, 0) is 15.9 Å². The molecule has 1 unspecified atom stereocenters. The topological polar surface area (TPSA) is 86.6 Å². The van der Waals surface area contributed by atoms with E-state index in [1.54, 1.807) is 19.2 Å². The standard InChI is InChI=1S/C24H30O7/c1-24(2)10-9-20-21(31-24)8-5-16(23(20)26)11-17(13-25)19-7-6-18(29-14-27-3)12-22(19)30-15-28-4/h5-10,12,17,25-26H,11,13-15H2,1-4H3. The first-order chi connectivity index (χ1) is 14.9. The van der Waals surface area contributed by atoms with E-state index in [0.717, 1.165) is 5.56 Å². The molecule has 2 aromatic carbocycles. The van der Waals surface area contributed by atoms with Crippen LogP contribution in [0.25, 0.3) is 6.08 Å². The normalized spacial score (nSPS) is 15.1. The number of fused-ring (bicyclic) bond motifs is 1. The maximum Gasteiger partial charge on any atom is 0.188 e. The molecule has 31 heavy (non-hydrogen) atoms. The number of benzene rings is 2. The highest BCUT2D eigenvalue weighted by Gasteiger charge is 2.26. The van der Waals surface area contributed by atoms with Crippen molar-refractivity contribution >= 4 is 6.08 Å². The number of aliphatic hydroxyl groups excluding tert-OH is 1. The summed E-state index contributed by atoms with van der Waals surface area (Å²) in [6.45, 7) is 3.96. The summed E-state index contributed by atoms with van der Waals surface area (Å²) in [7, 11) is 3.08. The van der Waals surface area contributed by atoms with Gasteiger partial charge in [0.05, 0.1) is 12.2 Å². The summed E-state index contributed by atoms with van der Waals surface area (Å²) in [5.74, 6) is 1.60. The number of ether oxygens (including phenoxy) is 5. The van der Waals surface area contributed by atoms with E-state index in [9.17, 15) is 10.2 Å². The van der Waals surface area contributed by atoms with Gasteiger partial charge in [-0.25, -0.2) is 0 Å². The molecular formula is C24H30O7. The molecule has 1 atom stereocenters. The van der Waals surface area contributed by atoms with Crippen LogP contribution in [0.5, 0.6) is 23.0 Å². The fourth-order valence-corrected chi connectivity index (χ4v) is 3.51. The second-order valence-corrected chi connectivity index (χ2v) is 7.91. The van der Waals surface area contributed by atoms with Crippen molar-refractivity contribution in [1.82, 2.24) is 0 Å². The van der Waals surface area contributed by atoms with E-state index < -0.39 is 5.60 Å². The minimum absolute atomic E-state index is 0.0564. The molecule has 0 saturated carbocycles. The maximum absolute atomic E-state index is 10.9. The largest absolute Gasteiger partial charge is 0.507 e. The van der Waals surface area contributed by atoms with Gasteiger partial charge in [0.15, 0.2) is 13.6 Å². The SMILES string of the molecule is COCOc1ccc(C(CO)Cc2ccc3c(c2O)C=CC(C)(C)O3)c(OCOC)c1. The molecule has 0 saturated heterocycles. The Kier molecular flexibility index (Phi) is 7.43. The predicted octanol–water partition coefficient (Wildman–Crippen LogP) is 3.86. The number of phenols is 1. The van der Waals surface area contributed by atoms with Gasteiger partial charge in [0.25, 0.3) is 0 Å². The summed E-state index contributed by atoms with van der Waals surface area (Å²) >= 11 is 0. The Hall–Kier alpha value is -2.74. The Balaban J connectivity index is 1.89. The minimum atomic E-state index is -0.422. The molecule has 0 fully saturated rings. The lowest BCUT2D eigenvalue weighted by Crippen LogP contribution is -2.27. The van der Waals surface area contributed by atoms with Gasteiger partial charge < -0.3 is 33.9 Å². The van der Waals surface area contributed by atoms with Crippen LogP contribution >= 0.6 is 0 Å². The lowest BCUT2D eigenvalue weighted by Gasteiger charge is -2.29. The first-order valence-corrected chi connectivity index (χ1v) is 10.1. The van der Waals surface area contributed by atoms with Crippen LogP contribution < -0.4 is 14.2 Å². The lowest BCUT2D eigenvalue weighted by atomic mass is 9.89. The van der Waals surface area contributed by atoms with Crippen LogP contribution in [0, 0.1) is 0 Å². The Bertz CT molecular complexity index is 920. The molecule has 1 heterocycles. The van der Waals surface area contributed by atoms with E-state index in [-0.39, 0.29) is 31.9 Å². The molecule has 7 heteroatoms. The molecule has 0 bridgehead atoms. The van der Waals surface area contributed by atoms with Crippen LogP contribution in [0.3, 0.4) is 0 Å². The molecule has 2 aromatic rings. The number of methoxy groups -OCH3 is 2. The molecule has 0 spiro atoms. The molecule has 0 aliphatic carbocycles. The summed E-state index contributed by atoms with van der Waals surface area (Å²) in [6, 6.07) is 9.06. The van der Waals surface area contributed by atoms with Gasteiger partial charge in [-0.05, 0) is 50.1 Å². The molecule has 0 amide bonds. The van der Waals surface area contributed by atoms with Gasteiger partial charge in [-0.3, -0.25) is 0 Å². The molecule has 0 radical (unpaired) electrons. The van der Waals surface area contributed by atoms with E-state index >= 15 is 0 Å². The van der Waals surface area contributed by atoms with E-state index in [2.05, 4.69) is 0 Å². The molecule has 1 aliphatic rings. The summed E-state index contributed by atoms with van der Waals surface area (Å²) in [5.41, 5.74) is 1.72. The summed E-state index contributed by atoms with van der Waals surface area (Å²) < 4.78 is 27.1. The van der Waals surface area contributed by atoms with Crippen molar-refractivity contribution in [2.24, 2.45) is 0 Å². The Morgan fingerprint density at radius 2 is 1.77 bits per heavy atom. The quantitative estimate of drug-likeness (QED) is 0.554. The molecular weight excluding hydrogens is 400 g/mol. The zero-order chi connectivity index (χ0) is 22.4. The van der Waals surface area contributed by atoms with Gasteiger partial charge in [-0.2, -0.15) is 0 Å². The van der Waals surface area contributed by atoms with E-state index in [1.165, 1.54) is 7.11 Å². The number of phenolic OH excluding ortho intramolecular Hbond substituents is 1. The van der Waals surface area contributed by atoms with Gasteiger partial charge in [0.2, 0.25) is 0 Å². The minimum Gasteiger partial charge on any atom is -0.507 e. The van der Waals surface area contributed by atoms with Crippen molar-refractivity contribution in [3.63, 3.8) is 0 Å². The van der Waals surface area contributed by atoms with Crippen molar-refractivity contribution in [3.05, 3.63) is 53.1 Å². The third kappa shape index (κ3) is 5.50. The highest BCUT2D eigenvalue weighted by molar-refractivity contribution is 5.68. The first kappa shape index (κ1) is 22.9. The summed E-state index contributed by atoms with van der Waals surface area (Å²) in [5, 5.41) is 21.0. The molecule has 1 aliphatic heterocycles. The van der Waals surface area contributed by atoms with E-state index in [4.69, 9.17) is 23.7 Å². The van der Waals surface area contributed by atoms with Crippen LogP contribution in [0.1, 0.15) is 36.5 Å². The van der Waals surface area contributed by atoms with Crippen molar-refractivity contribution in [1.29, 1.82) is 0 Å². The van der Waals surface area contributed by atoms with Gasteiger partial charge in [0, 0.05) is 31.8 Å². The highest BCUT2D eigenvalue weighted by atomic mass is 16.7. The second kappa shape index (κ2) is 10.0. The Morgan fingerprint density at radius 1 is 1.03 bits per heavy atom. The van der Waals surface area contributed by atoms with Gasteiger partial charge in [-0.1, -0.05) is 12.1 Å². The van der Waals surface area contributed by atoms with Gasteiger partial charge in [-0.15, -0.1) is 0 Å². The second-order valence-electron chi connectivity index (χ2n) is 7.91. The third-order valence-corrected chi connectivity index (χ3v) is 5.07. The smallest absolute Gasteiger partial charge is 0.188 e. The summed E-state index contributed by atoms with van der Waals surface area (Å²) in [6.07, 6.45) is 4.20. The van der Waals surface area contributed by atoms with Crippen molar-refractivity contribution in [3.8, 4) is 23.0 Å². The van der Waals surface area contributed by atoms with Crippen LogP contribution in [0.15, 0.2) is 36.4 Å². The Morgan fingerprint density at radius 3 is 2.48 bits per heavy atom. The number of hydrogen-bond donors (Lipinski definition) is 2. The summed E-state index contributed by atoms with van der Waals surface area (Å²) in [4.78, 5) is 0. The first-order valence-electron chi connectivity index (χ1n) is 10.1. The van der Waals surface area contributed by atoms with Crippen molar-refractivity contribution in [2.45, 2.75) is 31.8 Å². The van der Waals surface area contributed by atoms with Gasteiger partial charge in [0.1, 0.15) is 28.6 Å². The lowest BCUT2D eigenvalue weighted by molar-refractivity contribution is 0.0452. The number of hydrogen-bond acceptors (Lipinski definition) is 7. The molecule has 7 nitrogen and oxygen atoms in total. The number of aliphatic hydroxyl groups is 1. The average molecular weight is 430 g/mol. The fourth-order valence-electron chi connectivity index (χ4n) is 3.51. The predicted molar refractivity (Wildman–Crippen MR) is 117 cm³/mol. The zero-order valence-corrected chi connectivity index (χ0v) is 18.4. The zero-order valence-electron chi connectivity index (χ0n) is 18.4. The van der Waals surface area contributed by atoms with Crippen molar-refractivity contribution < 1.29 is 33.9 Å². The number of aromatic hydroxyl groups is 1. The number of rotatable bonds is 10. The monoisotopic (exact) mass is 430 g/mol. The molecule has 3 rings (SSSR count). The maximum atomic E-state index is 10.9. The highest BCUT2D eigenvalue weighted by Crippen LogP contribution is 2.41. The van der Waals surface area contributed by atoms with Gasteiger partial charge >= 0.3 is 0 Å². The van der Waals surface area contributed by atoms with E-state index in [1.807, 2.05) is 44.2 Å². The fraction of sp³-hybridized carbons (Fsp3) is 0.417. The van der Waals surface area contributed by atoms with E-state index in [0.29, 0.717) is 34.8 Å². The molecule has 168 valence electrons. The molecule has 2 N–H and O–H groups in total. The third-order valence-electron chi connectivity index (χ3n) is 5.07.